The fourth-order valence-corrected chi connectivity index (χ4v) is 3.40. The van der Waals surface area contributed by atoms with E-state index in [0.717, 1.165) is 25.3 Å². The molecule has 3 rings (SSSR count). The average molecular weight is 248 g/mol. The van der Waals surface area contributed by atoms with Crippen molar-refractivity contribution in [3.8, 4) is 0 Å². The van der Waals surface area contributed by atoms with Crippen molar-refractivity contribution < 1.29 is 0 Å². The lowest BCUT2D eigenvalue weighted by molar-refractivity contribution is 0.154. The number of rotatable bonds is 2. The minimum Gasteiger partial charge on any atom is -0.333 e. The van der Waals surface area contributed by atoms with Crippen molar-refractivity contribution in [2.45, 2.75) is 57.7 Å². The van der Waals surface area contributed by atoms with Crippen LogP contribution in [0.1, 0.15) is 62.6 Å². The van der Waals surface area contributed by atoms with Gasteiger partial charge in [-0.3, -0.25) is 4.90 Å². The molecule has 0 amide bonds. The van der Waals surface area contributed by atoms with Gasteiger partial charge in [0.15, 0.2) is 0 Å². The van der Waals surface area contributed by atoms with Gasteiger partial charge >= 0.3 is 0 Å². The third-order valence-corrected chi connectivity index (χ3v) is 4.43. The molecule has 2 N–H and O–H groups in total. The third kappa shape index (κ3) is 2.08. The SMILES string of the molecule is CCN1CCCCC1c1cn2c(n1)C(N)CCC2. The van der Waals surface area contributed by atoms with Crippen LogP contribution in [0.25, 0.3) is 0 Å². The Balaban J connectivity index is 1.87. The lowest BCUT2D eigenvalue weighted by Crippen LogP contribution is -2.33. The molecule has 1 aromatic rings. The molecular weight excluding hydrogens is 224 g/mol. The Morgan fingerprint density at radius 3 is 2.94 bits per heavy atom. The highest BCUT2D eigenvalue weighted by molar-refractivity contribution is 5.13. The van der Waals surface area contributed by atoms with E-state index in [1.54, 1.807) is 0 Å². The summed E-state index contributed by atoms with van der Waals surface area (Å²) >= 11 is 0. The molecule has 0 saturated carbocycles. The summed E-state index contributed by atoms with van der Waals surface area (Å²) in [4.78, 5) is 7.41. The van der Waals surface area contributed by atoms with E-state index in [-0.39, 0.29) is 6.04 Å². The number of fused-ring (bicyclic) bond motifs is 1. The van der Waals surface area contributed by atoms with Gasteiger partial charge in [0, 0.05) is 12.7 Å². The second-order valence-electron chi connectivity index (χ2n) is 5.61. The molecule has 0 bridgehead atoms. The first-order valence-electron chi connectivity index (χ1n) is 7.36. The molecule has 3 heterocycles. The summed E-state index contributed by atoms with van der Waals surface area (Å²) in [5.74, 6) is 1.11. The first-order chi connectivity index (χ1) is 8.79. The van der Waals surface area contributed by atoms with Gasteiger partial charge in [-0.15, -0.1) is 0 Å². The zero-order chi connectivity index (χ0) is 12.5. The molecule has 100 valence electrons. The molecule has 4 nitrogen and oxygen atoms in total. The number of piperidine rings is 1. The van der Waals surface area contributed by atoms with E-state index < -0.39 is 0 Å². The van der Waals surface area contributed by atoms with Gasteiger partial charge in [-0.05, 0) is 38.8 Å². The minimum absolute atomic E-state index is 0.145. The van der Waals surface area contributed by atoms with Crippen molar-refractivity contribution in [3.63, 3.8) is 0 Å². The summed E-state index contributed by atoms with van der Waals surface area (Å²) in [5.41, 5.74) is 7.41. The maximum Gasteiger partial charge on any atom is 0.126 e. The molecule has 2 aliphatic heterocycles. The topological polar surface area (TPSA) is 47.1 Å². The van der Waals surface area contributed by atoms with E-state index in [1.807, 2.05) is 0 Å². The minimum atomic E-state index is 0.145. The van der Waals surface area contributed by atoms with Crippen LogP contribution in [0.3, 0.4) is 0 Å². The van der Waals surface area contributed by atoms with Crippen molar-refractivity contribution in [2.75, 3.05) is 13.1 Å². The largest absolute Gasteiger partial charge is 0.333 e. The predicted octanol–water partition coefficient (Wildman–Crippen LogP) is 2.22. The Kier molecular flexibility index (Phi) is 3.39. The van der Waals surface area contributed by atoms with Crippen molar-refractivity contribution in [3.05, 3.63) is 17.7 Å². The van der Waals surface area contributed by atoms with Crippen LogP contribution in [0.2, 0.25) is 0 Å². The van der Waals surface area contributed by atoms with E-state index in [9.17, 15) is 0 Å². The van der Waals surface area contributed by atoms with Crippen molar-refractivity contribution in [1.82, 2.24) is 14.5 Å². The van der Waals surface area contributed by atoms with Crippen LogP contribution in [0.5, 0.6) is 0 Å². The van der Waals surface area contributed by atoms with Gasteiger partial charge in [0.25, 0.3) is 0 Å². The quantitative estimate of drug-likeness (QED) is 0.873. The number of nitrogens with zero attached hydrogens (tertiary/aromatic N) is 3. The number of aromatic nitrogens is 2. The number of likely N-dealkylation sites (tertiary alicyclic amines) is 1. The summed E-state index contributed by atoms with van der Waals surface area (Å²) in [5, 5.41) is 0. The van der Waals surface area contributed by atoms with Gasteiger partial charge < -0.3 is 10.3 Å². The Morgan fingerprint density at radius 2 is 2.17 bits per heavy atom. The number of hydrogen-bond acceptors (Lipinski definition) is 3. The summed E-state index contributed by atoms with van der Waals surface area (Å²) in [6, 6.07) is 0.667. The first-order valence-corrected chi connectivity index (χ1v) is 7.36. The number of nitrogens with two attached hydrogens (primary N) is 1. The van der Waals surface area contributed by atoms with E-state index in [0.29, 0.717) is 6.04 Å². The van der Waals surface area contributed by atoms with Crippen molar-refractivity contribution >= 4 is 0 Å². The summed E-state index contributed by atoms with van der Waals surface area (Å²) in [6.07, 6.45) is 8.43. The highest BCUT2D eigenvalue weighted by atomic mass is 15.2. The molecule has 0 aromatic carbocycles. The first kappa shape index (κ1) is 12.2. The third-order valence-electron chi connectivity index (χ3n) is 4.43. The zero-order valence-corrected chi connectivity index (χ0v) is 11.3. The van der Waals surface area contributed by atoms with Crippen LogP contribution < -0.4 is 5.73 Å². The van der Waals surface area contributed by atoms with Crippen LogP contribution in [0.15, 0.2) is 6.20 Å². The summed E-state index contributed by atoms with van der Waals surface area (Å²) < 4.78 is 2.28. The van der Waals surface area contributed by atoms with Gasteiger partial charge in [-0.2, -0.15) is 0 Å². The van der Waals surface area contributed by atoms with E-state index in [4.69, 9.17) is 10.7 Å². The Morgan fingerprint density at radius 1 is 1.28 bits per heavy atom. The van der Waals surface area contributed by atoms with Crippen molar-refractivity contribution in [1.29, 1.82) is 0 Å². The molecule has 2 unspecified atom stereocenters. The van der Waals surface area contributed by atoms with Crippen LogP contribution in [0.4, 0.5) is 0 Å². The molecule has 2 atom stereocenters. The molecule has 0 aliphatic carbocycles. The van der Waals surface area contributed by atoms with Gasteiger partial charge in [0.2, 0.25) is 0 Å². The molecule has 0 spiro atoms. The fraction of sp³-hybridized carbons (Fsp3) is 0.786. The standard InChI is InChI=1S/C14H24N4/c1-2-17-8-4-3-7-13(17)12-10-18-9-5-6-11(15)14(18)16-12/h10-11,13H,2-9,15H2,1H3. The normalized spacial score (nSPS) is 29.2. The highest BCUT2D eigenvalue weighted by Crippen LogP contribution is 2.32. The maximum atomic E-state index is 6.16. The molecule has 1 saturated heterocycles. The average Bonchev–Trinajstić information content (AvgIpc) is 2.84. The lowest BCUT2D eigenvalue weighted by atomic mass is 10.00. The molecular formula is C14H24N4. The monoisotopic (exact) mass is 248 g/mol. The fourth-order valence-electron chi connectivity index (χ4n) is 3.40. The predicted molar refractivity (Wildman–Crippen MR) is 72.2 cm³/mol. The van der Waals surface area contributed by atoms with Crippen LogP contribution >= 0.6 is 0 Å². The van der Waals surface area contributed by atoms with E-state index in [2.05, 4.69) is 22.6 Å². The molecule has 2 aliphatic rings. The molecule has 1 aromatic heterocycles. The molecule has 4 heteroatoms. The molecule has 1 fully saturated rings. The molecule has 0 radical (unpaired) electrons. The number of aryl methyl sites for hydroxylation is 1. The highest BCUT2D eigenvalue weighted by Gasteiger charge is 2.27. The Hall–Kier alpha value is -0.870. The number of hydrogen-bond donors (Lipinski definition) is 1. The van der Waals surface area contributed by atoms with Crippen LogP contribution in [-0.2, 0) is 6.54 Å². The molecule has 18 heavy (non-hydrogen) atoms. The van der Waals surface area contributed by atoms with Crippen molar-refractivity contribution in [2.24, 2.45) is 5.73 Å². The maximum absolute atomic E-state index is 6.16. The Bertz CT molecular complexity index is 412. The summed E-state index contributed by atoms with van der Waals surface area (Å²) in [6.45, 7) is 5.68. The van der Waals surface area contributed by atoms with Crippen LogP contribution in [0, 0.1) is 0 Å². The van der Waals surface area contributed by atoms with Gasteiger partial charge in [-0.25, -0.2) is 4.98 Å². The van der Waals surface area contributed by atoms with E-state index in [1.165, 1.54) is 37.9 Å². The second-order valence-corrected chi connectivity index (χ2v) is 5.61. The lowest BCUT2D eigenvalue weighted by Gasteiger charge is -2.33. The smallest absolute Gasteiger partial charge is 0.126 e. The summed E-state index contributed by atoms with van der Waals surface area (Å²) in [7, 11) is 0. The van der Waals surface area contributed by atoms with Crippen LogP contribution in [-0.4, -0.2) is 27.5 Å². The van der Waals surface area contributed by atoms with E-state index >= 15 is 0 Å². The van der Waals surface area contributed by atoms with Gasteiger partial charge in [0.05, 0.1) is 17.8 Å². The number of imidazole rings is 1. The second kappa shape index (κ2) is 5.02. The van der Waals surface area contributed by atoms with Gasteiger partial charge in [-0.1, -0.05) is 13.3 Å². The zero-order valence-electron chi connectivity index (χ0n) is 11.3. The van der Waals surface area contributed by atoms with Gasteiger partial charge in [0.1, 0.15) is 5.82 Å². The Labute approximate surface area is 109 Å².